The summed E-state index contributed by atoms with van der Waals surface area (Å²) in [6.45, 7) is 1.92. The summed E-state index contributed by atoms with van der Waals surface area (Å²) in [7, 11) is 2.11. The minimum atomic E-state index is -0.898. The van der Waals surface area contributed by atoms with Crippen LogP contribution in [0.4, 0.5) is 0 Å². The molecule has 1 aliphatic rings. The molecule has 0 radical (unpaired) electrons. The van der Waals surface area contributed by atoms with E-state index in [1.54, 1.807) is 0 Å². The number of amides is 1. The van der Waals surface area contributed by atoms with E-state index in [-0.39, 0.29) is 37.6 Å². The van der Waals surface area contributed by atoms with E-state index >= 15 is 0 Å². The average Bonchev–Trinajstić information content (AvgIpc) is 3.07. The van der Waals surface area contributed by atoms with E-state index in [1.807, 2.05) is 72.8 Å². The number of nitrogens with one attached hydrogen (secondary N) is 1. The molecule has 0 saturated carbocycles. The van der Waals surface area contributed by atoms with Gasteiger partial charge in [-0.05, 0) is 59.0 Å². The van der Waals surface area contributed by atoms with Crippen LogP contribution in [0.25, 0.3) is 11.1 Å². The lowest BCUT2D eigenvalue weighted by Gasteiger charge is -2.38. The quantitative estimate of drug-likeness (QED) is 0.150. The van der Waals surface area contributed by atoms with Crippen LogP contribution in [0.2, 0.25) is 0 Å². The number of carbonyl (C=O) groups is 2. The Hall–Kier alpha value is -4.34. The fourth-order valence-corrected chi connectivity index (χ4v) is 5.76. The molecule has 8 nitrogen and oxygen atoms in total. The first-order valence-electron chi connectivity index (χ1n) is 15.8. The highest BCUT2D eigenvalue weighted by Gasteiger charge is 2.33. The molecule has 1 saturated heterocycles. The summed E-state index contributed by atoms with van der Waals surface area (Å²) in [5.74, 6) is -1.06. The highest BCUT2D eigenvalue weighted by atomic mass is 16.7. The molecule has 8 heteroatoms. The van der Waals surface area contributed by atoms with Gasteiger partial charge in [-0.3, -0.25) is 14.5 Å². The zero-order valence-electron chi connectivity index (χ0n) is 26.2. The number of carboxylic acids is 1. The van der Waals surface area contributed by atoms with Crippen LogP contribution in [-0.4, -0.2) is 46.7 Å². The third kappa shape index (κ3) is 9.58. The van der Waals surface area contributed by atoms with E-state index in [0.29, 0.717) is 19.4 Å². The van der Waals surface area contributed by atoms with Crippen molar-refractivity contribution in [3.8, 4) is 11.1 Å². The first-order chi connectivity index (χ1) is 22.4. The summed E-state index contributed by atoms with van der Waals surface area (Å²) in [5, 5.41) is 21.2. The molecule has 1 amide bonds. The molecule has 240 valence electrons. The second kappa shape index (κ2) is 16.3. The molecule has 3 atom stereocenters. The van der Waals surface area contributed by atoms with E-state index in [9.17, 15) is 14.7 Å². The fourth-order valence-electron chi connectivity index (χ4n) is 5.76. The highest BCUT2D eigenvalue weighted by molar-refractivity contribution is 5.76. The van der Waals surface area contributed by atoms with Crippen LogP contribution in [0, 0.1) is 0 Å². The van der Waals surface area contributed by atoms with Gasteiger partial charge in [0, 0.05) is 44.5 Å². The fraction of sp³-hybridized carbons (Fsp3) is 0.316. The van der Waals surface area contributed by atoms with Gasteiger partial charge in [0.2, 0.25) is 5.91 Å². The van der Waals surface area contributed by atoms with Crippen LogP contribution in [0.1, 0.15) is 65.9 Å². The summed E-state index contributed by atoms with van der Waals surface area (Å²) in [5.41, 5.74) is 7.04. The normalized spacial score (nSPS) is 17.9. The van der Waals surface area contributed by atoms with Crippen molar-refractivity contribution in [1.82, 2.24) is 10.2 Å². The molecule has 1 fully saturated rings. The average molecular weight is 623 g/mol. The number of hydrogen-bond acceptors (Lipinski definition) is 6. The second-order valence-corrected chi connectivity index (χ2v) is 11.9. The van der Waals surface area contributed by atoms with Crippen molar-refractivity contribution >= 4 is 11.9 Å². The minimum absolute atomic E-state index is 0.00238. The largest absolute Gasteiger partial charge is 0.481 e. The van der Waals surface area contributed by atoms with Gasteiger partial charge in [0.1, 0.15) is 0 Å². The number of aliphatic hydroxyl groups is 1. The number of aliphatic carboxylic acids is 1. The Morgan fingerprint density at radius 2 is 1.52 bits per heavy atom. The minimum Gasteiger partial charge on any atom is -0.481 e. The van der Waals surface area contributed by atoms with E-state index < -0.39 is 12.3 Å². The maximum absolute atomic E-state index is 12.2. The number of ether oxygens (including phenoxy) is 2. The highest BCUT2D eigenvalue weighted by Crippen LogP contribution is 2.39. The molecule has 1 heterocycles. The molecular weight excluding hydrogens is 580 g/mol. The molecule has 1 aliphatic heterocycles. The first-order valence-corrected chi connectivity index (χ1v) is 15.8. The van der Waals surface area contributed by atoms with Crippen molar-refractivity contribution < 1.29 is 29.3 Å². The van der Waals surface area contributed by atoms with E-state index in [4.69, 9.17) is 14.6 Å². The summed E-state index contributed by atoms with van der Waals surface area (Å²) in [6, 6.07) is 34.5. The van der Waals surface area contributed by atoms with Crippen molar-refractivity contribution in [3.63, 3.8) is 0 Å². The molecule has 0 aromatic heterocycles. The van der Waals surface area contributed by atoms with Crippen LogP contribution < -0.4 is 5.32 Å². The van der Waals surface area contributed by atoms with Crippen LogP contribution in [-0.2, 0) is 38.8 Å². The topological polar surface area (TPSA) is 108 Å². The Morgan fingerprint density at radius 3 is 2.26 bits per heavy atom. The maximum Gasteiger partial charge on any atom is 0.303 e. The molecule has 3 unspecified atom stereocenters. The molecule has 4 aromatic carbocycles. The van der Waals surface area contributed by atoms with Gasteiger partial charge in [0.15, 0.2) is 6.29 Å². The van der Waals surface area contributed by atoms with Gasteiger partial charge < -0.3 is 25.0 Å². The van der Waals surface area contributed by atoms with Crippen molar-refractivity contribution in [2.24, 2.45) is 0 Å². The van der Waals surface area contributed by atoms with E-state index in [0.717, 1.165) is 46.5 Å². The Morgan fingerprint density at radius 1 is 0.804 bits per heavy atom. The molecule has 0 bridgehead atoms. The zero-order valence-corrected chi connectivity index (χ0v) is 26.2. The first kappa shape index (κ1) is 33.0. The van der Waals surface area contributed by atoms with Gasteiger partial charge in [-0.1, -0.05) is 91.0 Å². The second-order valence-electron chi connectivity index (χ2n) is 11.9. The van der Waals surface area contributed by atoms with Gasteiger partial charge in [-0.15, -0.1) is 0 Å². The summed E-state index contributed by atoms with van der Waals surface area (Å²) >= 11 is 0. The molecule has 0 spiro atoms. The third-order valence-electron chi connectivity index (χ3n) is 8.13. The van der Waals surface area contributed by atoms with E-state index in [2.05, 4.69) is 47.6 Å². The molecule has 4 aromatic rings. The molecule has 0 aliphatic carbocycles. The van der Waals surface area contributed by atoms with Crippen molar-refractivity contribution in [1.29, 1.82) is 0 Å². The van der Waals surface area contributed by atoms with Crippen molar-refractivity contribution in [2.45, 2.75) is 63.9 Å². The number of rotatable bonds is 14. The number of hydrogen-bond donors (Lipinski definition) is 3. The summed E-state index contributed by atoms with van der Waals surface area (Å²) in [4.78, 5) is 25.2. The van der Waals surface area contributed by atoms with Crippen molar-refractivity contribution in [3.05, 3.63) is 131 Å². The number of benzene rings is 4. The number of aliphatic hydroxyl groups excluding tert-OH is 1. The number of carboxylic acid groups (broad SMARTS) is 1. The van der Waals surface area contributed by atoms with Gasteiger partial charge in [0.25, 0.3) is 0 Å². The monoisotopic (exact) mass is 622 g/mol. The van der Waals surface area contributed by atoms with Crippen LogP contribution in [0.5, 0.6) is 0 Å². The van der Waals surface area contributed by atoms with Gasteiger partial charge in [0.05, 0.1) is 18.8 Å². The Labute approximate surface area is 270 Å². The standard InChI is InChI=1S/C38H42N2O6/c1-40(24-27-8-3-2-4-9-27)25-34-22-35(30-18-16-28(26-41)17-19-30)46-38(45-34)33-13-6-12-32(21-33)31-11-5-10-29(20-31)23-39-36(42)14-7-15-37(43)44/h2-6,8-13,16-21,34-35,38,41H,7,14-15,22-26H2,1H3,(H,39,42)(H,43,44). The van der Waals surface area contributed by atoms with Gasteiger partial charge in [-0.25, -0.2) is 0 Å². The summed E-state index contributed by atoms with van der Waals surface area (Å²) in [6.07, 6.45) is 0.380. The zero-order chi connectivity index (χ0) is 32.3. The predicted octanol–water partition coefficient (Wildman–Crippen LogP) is 6.39. The molecule has 3 N–H and O–H groups in total. The van der Waals surface area contributed by atoms with Crippen LogP contribution in [0.15, 0.2) is 103 Å². The Kier molecular flexibility index (Phi) is 11.7. The lowest BCUT2D eigenvalue weighted by atomic mass is 9.98. The number of nitrogens with zero attached hydrogens (tertiary/aromatic N) is 1. The van der Waals surface area contributed by atoms with E-state index in [1.165, 1.54) is 5.56 Å². The van der Waals surface area contributed by atoms with Crippen LogP contribution in [0.3, 0.4) is 0 Å². The SMILES string of the molecule is CN(Cc1ccccc1)CC1CC(c2ccc(CO)cc2)OC(c2cccc(-c3cccc(CNC(=O)CCCC(=O)O)c3)c2)O1. The lowest BCUT2D eigenvalue weighted by Crippen LogP contribution is -2.37. The Balaban J connectivity index is 1.30. The molecule has 46 heavy (non-hydrogen) atoms. The smallest absolute Gasteiger partial charge is 0.303 e. The lowest BCUT2D eigenvalue weighted by molar-refractivity contribution is -0.252. The maximum atomic E-state index is 12.2. The summed E-state index contributed by atoms with van der Waals surface area (Å²) < 4.78 is 13.2. The molecular formula is C38H42N2O6. The predicted molar refractivity (Wildman–Crippen MR) is 176 cm³/mol. The van der Waals surface area contributed by atoms with Gasteiger partial charge >= 0.3 is 5.97 Å². The molecule has 5 rings (SSSR count). The number of carbonyl (C=O) groups excluding carboxylic acids is 1. The van der Waals surface area contributed by atoms with Crippen molar-refractivity contribution in [2.75, 3.05) is 13.6 Å². The van der Waals surface area contributed by atoms with Gasteiger partial charge in [-0.2, -0.15) is 0 Å². The third-order valence-corrected chi connectivity index (χ3v) is 8.13. The number of likely N-dealkylation sites (N-methyl/N-ethyl adjacent to an activating group) is 1. The van der Waals surface area contributed by atoms with Crippen LogP contribution >= 0.6 is 0 Å². The Bertz CT molecular complexity index is 1580.